The van der Waals surface area contributed by atoms with Crippen molar-refractivity contribution in [2.45, 2.75) is 37.9 Å². The Hall–Kier alpha value is -2.99. The van der Waals surface area contributed by atoms with Crippen molar-refractivity contribution < 1.29 is 9.59 Å². The molecule has 0 aromatic heterocycles. The number of hydrogen-bond donors (Lipinski definition) is 2. The van der Waals surface area contributed by atoms with Gasteiger partial charge >= 0.3 is 0 Å². The van der Waals surface area contributed by atoms with Crippen molar-refractivity contribution in [2.75, 3.05) is 6.54 Å². The lowest BCUT2D eigenvalue weighted by molar-refractivity contribution is -0.142. The highest BCUT2D eigenvalue weighted by Gasteiger charge is 2.62. The molecule has 3 heterocycles. The van der Waals surface area contributed by atoms with E-state index in [4.69, 9.17) is 11.1 Å². The maximum Gasteiger partial charge on any atom is 0.235 e. The molecule has 5 rings (SSSR count). The molecular weight excluding hydrogens is 376 g/mol. The minimum atomic E-state index is -0.340. The Morgan fingerprint density at radius 2 is 1.67 bits per heavy atom. The van der Waals surface area contributed by atoms with E-state index in [1.54, 1.807) is 0 Å². The highest BCUT2D eigenvalue weighted by atomic mass is 16.2. The fourth-order valence-electron chi connectivity index (χ4n) is 5.61. The second-order valence-electron chi connectivity index (χ2n) is 8.58. The highest BCUT2D eigenvalue weighted by molar-refractivity contribution is 6.06. The van der Waals surface area contributed by atoms with Gasteiger partial charge in [-0.2, -0.15) is 0 Å². The number of hydrogen-bond acceptors (Lipinski definition) is 4. The first-order chi connectivity index (χ1) is 14.6. The Bertz CT molecular complexity index is 988. The summed E-state index contributed by atoms with van der Waals surface area (Å²) in [6, 6.07) is 17.4. The lowest BCUT2D eigenvalue weighted by Gasteiger charge is -2.36. The molecule has 0 spiro atoms. The average molecular weight is 402 g/mol. The van der Waals surface area contributed by atoms with Crippen molar-refractivity contribution in [3.63, 3.8) is 0 Å². The summed E-state index contributed by atoms with van der Waals surface area (Å²) in [6.45, 7) is 1.25. The Morgan fingerprint density at radius 1 is 0.967 bits per heavy atom. The maximum absolute atomic E-state index is 13.5. The molecule has 3 aliphatic heterocycles. The smallest absolute Gasteiger partial charge is 0.235 e. The number of amidine groups is 1. The quantitative estimate of drug-likeness (QED) is 0.467. The summed E-state index contributed by atoms with van der Waals surface area (Å²) in [7, 11) is 0. The van der Waals surface area contributed by atoms with Gasteiger partial charge < -0.3 is 5.73 Å². The zero-order chi connectivity index (χ0) is 20.8. The van der Waals surface area contributed by atoms with Gasteiger partial charge in [0.2, 0.25) is 11.8 Å². The normalized spacial score (nSPS) is 28.5. The Balaban J connectivity index is 1.50. The predicted molar refractivity (Wildman–Crippen MR) is 114 cm³/mol. The van der Waals surface area contributed by atoms with E-state index in [-0.39, 0.29) is 41.6 Å². The third-order valence-electron chi connectivity index (χ3n) is 6.94. The molecule has 3 saturated heterocycles. The van der Waals surface area contributed by atoms with Crippen molar-refractivity contribution in [1.29, 1.82) is 5.41 Å². The first kappa shape index (κ1) is 19.0. The molecule has 0 radical (unpaired) electrons. The molecule has 3 aliphatic rings. The van der Waals surface area contributed by atoms with Crippen LogP contribution in [-0.2, 0) is 16.1 Å². The minimum Gasteiger partial charge on any atom is -0.384 e. The van der Waals surface area contributed by atoms with Gasteiger partial charge in [-0.05, 0) is 30.5 Å². The molecule has 30 heavy (non-hydrogen) atoms. The zero-order valence-corrected chi connectivity index (χ0v) is 16.8. The Kier molecular flexibility index (Phi) is 4.66. The number of nitrogens with zero attached hydrogens (tertiary/aromatic N) is 2. The number of nitrogens with one attached hydrogen (secondary N) is 1. The predicted octanol–water partition coefficient (Wildman–Crippen LogP) is 2.68. The summed E-state index contributed by atoms with van der Waals surface area (Å²) in [4.78, 5) is 30.8. The average Bonchev–Trinajstić information content (AvgIpc) is 3.23. The van der Waals surface area contributed by atoms with Crippen molar-refractivity contribution in [3.05, 3.63) is 71.3 Å². The molecule has 6 nitrogen and oxygen atoms in total. The van der Waals surface area contributed by atoms with Crippen LogP contribution in [0.5, 0.6) is 0 Å². The fraction of sp³-hybridized carbons (Fsp3) is 0.375. The third kappa shape index (κ3) is 2.94. The number of imide groups is 1. The van der Waals surface area contributed by atoms with Crippen molar-refractivity contribution in [2.24, 2.45) is 17.6 Å². The lowest BCUT2D eigenvalue weighted by Crippen LogP contribution is -2.43. The molecular formula is C24H26N4O2. The van der Waals surface area contributed by atoms with Crippen molar-refractivity contribution in [3.8, 4) is 0 Å². The fourth-order valence-corrected chi connectivity index (χ4v) is 5.61. The highest BCUT2D eigenvalue weighted by Crippen LogP contribution is 2.52. The molecule has 2 aromatic rings. The Morgan fingerprint density at radius 3 is 2.37 bits per heavy atom. The summed E-state index contributed by atoms with van der Waals surface area (Å²) in [5.41, 5.74) is 8.28. The molecule has 6 heteroatoms. The number of nitrogen functional groups attached to an aromatic ring is 1. The van der Waals surface area contributed by atoms with Crippen LogP contribution in [0.15, 0.2) is 54.6 Å². The molecule has 0 saturated carbocycles. The van der Waals surface area contributed by atoms with Gasteiger partial charge in [-0.3, -0.25) is 24.8 Å². The maximum atomic E-state index is 13.5. The molecule has 4 atom stereocenters. The molecule has 2 aromatic carbocycles. The number of piperidine rings is 1. The van der Waals surface area contributed by atoms with E-state index >= 15 is 0 Å². The van der Waals surface area contributed by atoms with Gasteiger partial charge in [0.05, 0.1) is 18.4 Å². The van der Waals surface area contributed by atoms with E-state index in [1.807, 2.05) is 54.6 Å². The summed E-state index contributed by atoms with van der Waals surface area (Å²) in [5.74, 6) is -0.646. The van der Waals surface area contributed by atoms with Gasteiger partial charge in [-0.25, -0.2) is 0 Å². The number of benzene rings is 2. The number of rotatable bonds is 4. The van der Waals surface area contributed by atoms with E-state index in [0.29, 0.717) is 12.1 Å². The molecule has 3 fully saturated rings. The van der Waals surface area contributed by atoms with Gasteiger partial charge in [-0.15, -0.1) is 0 Å². The lowest BCUT2D eigenvalue weighted by atomic mass is 9.85. The van der Waals surface area contributed by atoms with Gasteiger partial charge in [0.1, 0.15) is 5.84 Å². The number of fused-ring (bicyclic) bond motifs is 3. The molecule has 3 N–H and O–H groups in total. The van der Waals surface area contributed by atoms with Crippen LogP contribution in [-0.4, -0.2) is 40.0 Å². The number of carbonyl (C=O) groups excluding carboxylic acids is 2. The second kappa shape index (κ2) is 7.36. The van der Waals surface area contributed by atoms with Crippen LogP contribution < -0.4 is 5.73 Å². The van der Waals surface area contributed by atoms with Crippen molar-refractivity contribution >= 4 is 17.6 Å². The molecule has 0 unspecified atom stereocenters. The van der Waals surface area contributed by atoms with Crippen LogP contribution in [0.1, 0.15) is 42.0 Å². The van der Waals surface area contributed by atoms with Crippen LogP contribution in [0, 0.1) is 17.2 Å². The Labute approximate surface area is 176 Å². The van der Waals surface area contributed by atoms with Crippen molar-refractivity contribution in [1.82, 2.24) is 9.80 Å². The summed E-state index contributed by atoms with van der Waals surface area (Å²) in [5, 5.41) is 7.63. The first-order valence-corrected chi connectivity index (χ1v) is 10.7. The number of carbonyl (C=O) groups is 2. The largest absolute Gasteiger partial charge is 0.384 e. The third-order valence-corrected chi connectivity index (χ3v) is 6.94. The molecule has 0 bridgehead atoms. The zero-order valence-electron chi connectivity index (χ0n) is 16.8. The number of nitrogens with two attached hydrogens (primary N) is 1. The van der Waals surface area contributed by atoms with E-state index in [9.17, 15) is 9.59 Å². The van der Waals surface area contributed by atoms with E-state index < -0.39 is 0 Å². The number of amides is 2. The van der Waals surface area contributed by atoms with E-state index in [2.05, 4.69) is 4.90 Å². The standard InChI is InChI=1S/C24H26N4O2/c25-22(26)17-11-9-16(10-12-17)21-20-19(18-8-4-5-13-27(18)21)23(29)28(24(20)30)14-15-6-2-1-3-7-15/h1-3,6-7,9-12,18-21H,4-5,8,13-14H2,(H3,25,26)/t18-,19-,20-,21-/m0/s1. The van der Waals surface area contributed by atoms with Gasteiger partial charge in [0.15, 0.2) is 0 Å². The van der Waals surface area contributed by atoms with Gasteiger partial charge in [-0.1, -0.05) is 61.0 Å². The monoisotopic (exact) mass is 402 g/mol. The van der Waals surface area contributed by atoms with Crippen LogP contribution in [0.4, 0.5) is 0 Å². The minimum absolute atomic E-state index is 0.0198. The van der Waals surface area contributed by atoms with Crippen LogP contribution >= 0.6 is 0 Å². The molecule has 0 aliphatic carbocycles. The van der Waals surface area contributed by atoms with Gasteiger partial charge in [0, 0.05) is 17.6 Å². The first-order valence-electron chi connectivity index (χ1n) is 10.7. The van der Waals surface area contributed by atoms with E-state index in [0.717, 1.165) is 36.9 Å². The van der Waals surface area contributed by atoms with E-state index in [1.165, 1.54) is 4.90 Å². The second-order valence-corrected chi connectivity index (χ2v) is 8.58. The number of likely N-dealkylation sites (tertiary alicyclic amines) is 1. The van der Waals surface area contributed by atoms with Crippen LogP contribution in [0.2, 0.25) is 0 Å². The van der Waals surface area contributed by atoms with Crippen LogP contribution in [0.25, 0.3) is 0 Å². The molecule has 154 valence electrons. The SMILES string of the molecule is N=C(N)c1ccc([C@H]2[C@H]3C(=O)N(Cc4ccccc4)C(=O)[C@H]3[C@@H]3CCCCN32)cc1. The topological polar surface area (TPSA) is 90.5 Å². The van der Waals surface area contributed by atoms with Crippen LogP contribution in [0.3, 0.4) is 0 Å². The van der Waals surface area contributed by atoms with Gasteiger partial charge in [0.25, 0.3) is 0 Å². The summed E-state index contributed by atoms with van der Waals surface area (Å²) >= 11 is 0. The molecule has 2 amide bonds. The summed E-state index contributed by atoms with van der Waals surface area (Å²) < 4.78 is 0. The summed E-state index contributed by atoms with van der Waals surface area (Å²) in [6.07, 6.45) is 3.15.